The van der Waals surface area contributed by atoms with E-state index in [-0.39, 0.29) is 53.2 Å². The van der Waals surface area contributed by atoms with Crippen LogP contribution in [0, 0.1) is 28.8 Å². The van der Waals surface area contributed by atoms with Crippen LogP contribution in [0.5, 0.6) is 5.75 Å². The number of nitrogens with zero attached hydrogens (tertiary/aromatic N) is 4. The van der Waals surface area contributed by atoms with Gasteiger partial charge in [-0.1, -0.05) is 6.07 Å². The van der Waals surface area contributed by atoms with E-state index < -0.39 is 23.4 Å². The van der Waals surface area contributed by atoms with Gasteiger partial charge in [-0.25, -0.2) is 22.9 Å². The third-order valence-corrected chi connectivity index (χ3v) is 6.73. The molecule has 5 rings (SSSR count). The number of imidazole rings is 1. The lowest BCUT2D eigenvalue weighted by molar-refractivity contribution is 0.0697. The van der Waals surface area contributed by atoms with Crippen molar-refractivity contribution >= 4 is 17.0 Å². The molecule has 0 aliphatic rings. The summed E-state index contributed by atoms with van der Waals surface area (Å²) in [6.45, 7) is 0.387. The molecule has 0 saturated carbocycles. The summed E-state index contributed by atoms with van der Waals surface area (Å²) < 4.78 is 57.9. The monoisotopic (exact) mass is 572 g/mol. The van der Waals surface area contributed by atoms with Crippen molar-refractivity contribution in [2.24, 2.45) is 0 Å². The zero-order valence-electron chi connectivity index (χ0n) is 22.3. The Morgan fingerprint density at radius 1 is 1.05 bits per heavy atom. The number of ether oxygens (including phenoxy) is 2. The smallest absolute Gasteiger partial charge is 0.335 e. The molecule has 0 aliphatic carbocycles. The maximum absolute atomic E-state index is 15.5. The van der Waals surface area contributed by atoms with Gasteiger partial charge in [-0.3, -0.25) is 4.98 Å². The number of halogens is 3. The van der Waals surface area contributed by atoms with E-state index in [0.29, 0.717) is 29.0 Å². The fourth-order valence-corrected chi connectivity index (χ4v) is 4.57. The van der Waals surface area contributed by atoms with E-state index in [1.54, 1.807) is 10.6 Å². The lowest BCUT2D eigenvalue weighted by Gasteiger charge is -2.14. The molecular formula is C31H23F3N4O4. The number of fused-ring (bicyclic) bond motifs is 1. The molecule has 0 amide bonds. The number of nitriles is 1. The van der Waals surface area contributed by atoms with E-state index in [1.165, 1.54) is 49.8 Å². The van der Waals surface area contributed by atoms with Gasteiger partial charge in [0.2, 0.25) is 0 Å². The standard InChI is InChI=1S/C31H23F3N4O4/c1-41-9-8-38-28-13-19(31(39)40)4-5-27(28)37-30(38)14-22-25(33)11-21(12-26(22)34)23-16-36-7-6-29(23)42-17-20-3-2-18(15-35)10-24(20)32/h2-7,10-13,16H,8-9,14,17H2,1H3,(H,39,40). The molecule has 0 bridgehead atoms. The van der Waals surface area contributed by atoms with Crippen LogP contribution in [0.4, 0.5) is 13.2 Å². The van der Waals surface area contributed by atoms with Gasteiger partial charge in [-0.15, -0.1) is 0 Å². The van der Waals surface area contributed by atoms with Gasteiger partial charge in [0, 0.05) is 49.2 Å². The van der Waals surface area contributed by atoms with Crippen molar-refractivity contribution in [1.29, 1.82) is 5.26 Å². The van der Waals surface area contributed by atoms with Crippen molar-refractivity contribution in [3.8, 4) is 22.9 Å². The molecule has 0 aliphatic heterocycles. The molecule has 5 aromatic rings. The molecule has 0 atom stereocenters. The Kier molecular flexibility index (Phi) is 8.17. The topological polar surface area (TPSA) is 110 Å². The number of rotatable bonds is 10. The van der Waals surface area contributed by atoms with Gasteiger partial charge < -0.3 is 19.1 Å². The third-order valence-electron chi connectivity index (χ3n) is 6.73. The van der Waals surface area contributed by atoms with Crippen molar-refractivity contribution in [1.82, 2.24) is 14.5 Å². The minimum Gasteiger partial charge on any atom is -0.488 e. The van der Waals surface area contributed by atoms with Gasteiger partial charge in [-0.2, -0.15) is 5.26 Å². The van der Waals surface area contributed by atoms with E-state index >= 15 is 8.78 Å². The second kappa shape index (κ2) is 12.1. The van der Waals surface area contributed by atoms with E-state index in [0.717, 1.165) is 18.2 Å². The summed E-state index contributed by atoms with van der Waals surface area (Å²) in [5.74, 6) is -2.79. The molecule has 3 aromatic carbocycles. The first-order valence-electron chi connectivity index (χ1n) is 12.7. The van der Waals surface area contributed by atoms with E-state index in [9.17, 15) is 14.3 Å². The highest BCUT2D eigenvalue weighted by Gasteiger charge is 2.20. The maximum atomic E-state index is 15.5. The number of aromatic nitrogens is 3. The highest BCUT2D eigenvalue weighted by molar-refractivity contribution is 5.92. The van der Waals surface area contributed by atoms with Crippen LogP contribution < -0.4 is 4.74 Å². The third kappa shape index (κ3) is 5.80. The normalized spacial score (nSPS) is 11.0. The number of hydrogen-bond donors (Lipinski definition) is 1. The SMILES string of the molecule is COCCn1c(Cc2c(F)cc(-c3cnccc3OCc3ccc(C#N)cc3F)cc2F)nc2ccc(C(=O)O)cc21. The number of carboxylic acids is 1. The van der Waals surface area contributed by atoms with Gasteiger partial charge >= 0.3 is 5.97 Å². The number of carbonyl (C=O) groups is 1. The summed E-state index contributed by atoms with van der Waals surface area (Å²) in [5, 5.41) is 18.3. The molecule has 2 heterocycles. The second-order valence-corrected chi connectivity index (χ2v) is 9.35. The van der Waals surface area contributed by atoms with Crippen molar-refractivity contribution in [2.45, 2.75) is 19.6 Å². The summed E-state index contributed by atoms with van der Waals surface area (Å²) in [6, 6.07) is 14.1. The van der Waals surface area contributed by atoms with Crippen molar-refractivity contribution in [3.63, 3.8) is 0 Å². The summed E-state index contributed by atoms with van der Waals surface area (Å²) >= 11 is 0. The number of aromatic carboxylic acids is 1. The van der Waals surface area contributed by atoms with Crippen LogP contribution >= 0.6 is 0 Å². The second-order valence-electron chi connectivity index (χ2n) is 9.35. The average Bonchev–Trinajstić information content (AvgIpc) is 3.33. The molecule has 8 nitrogen and oxygen atoms in total. The van der Waals surface area contributed by atoms with E-state index in [4.69, 9.17) is 14.7 Å². The summed E-state index contributed by atoms with van der Waals surface area (Å²) in [5.41, 5.74) is 1.67. The van der Waals surface area contributed by atoms with Crippen molar-refractivity contribution in [3.05, 3.63) is 113 Å². The average molecular weight is 573 g/mol. The first kappa shape index (κ1) is 28.3. The van der Waals surface area contributed by atoms with E-state index in [2.05, 4.69) is 9.97 Å². The van der Waals surface area contributed by atoms with Crippen LogP contribution in [0.15, 0.2) is 67.0 Å². The predicted octanol–water partition coefficient (Wildman–Crippen LogP) is 5.90. The van der Waals surface area contributed by atoms with Gasteiger partial charge in [0.1, 0.15) is 35.6 Å². The quantitative estimate of drug-likeness (QED) is 0.222. The van der Waals surface area contributed by atoms with E-state index in [1.807, 2.05) is 6.07 Å². The number of pyridine rings is 1. The molecule has 42 heavy (non-hydrogen) atoms. The fourth-order valence-electron chi connectivity index (χ4n) is 4.57. The minimum atomic E-state index is -1.11. The Bertz CT molecular complexity index is 1830. The van der Waals surface area contributed by atoms with Crippen LogP contribution in [0.3, 0.4) is 0 Å². The molecule has 0 saturated heterocycles. The summed E-state index contributed by atoms with van der Waals surface area (Å²) in [6.07, 6.45) is 2.63. The van der Waals surface area contributed by atoms with Gasteiger partial charge in [0.15, 0.2) is 0 Å². The van der Waals surface area contributed by atoms with Crippen molar-refractivity contribution in [2.75, 3.05) is 13.7 Å². The van der Waals surface area contributed by atoms with Gasteiger partial charge in [0.25, 0.3) is 0 Å². The van der Waals surface area contributed by atoms with Crippen LogP contribution in [0.1, 0.15) is 32.9 Å². The van der Waals surface area contributed by atoms with Gasteiger partial charge in [-0.05, 0) is 54.1 Å². The first-order valence-corrected chi connectivity index (χ1v) is 12.7. The molecule has 0 radical (unpaired) electrons. The van der Waals surface area contributed by atoms with Crippen LogP contribution in [0.2, 0.25) is 0 Å². The fraction of sp³-hybridized carbons (Fsp3) is 0.161. The molecule has 0 fully saturated rings. The minimum absolute atomic E-state index is 0.0609. The summed E-state index contributed by atoms with van der Waals surface area (Å²) in [4.78, 5) is 20.0. The number of hydrogen-bond acceptors (Lipinski definition) is 6. The Morgan fingerprint density at radius 3 is 2.52 bits per heavy atom. The summed E-state index contributed by atoms with van der Waals surface area (Å²) in [7, 11) is 1.51. The largest absolute Gasteiger partial charge is 0.488 e. The zero-order valence-corrected chi connectivity index (χ0v) is 22.3. The Balaban J connectivity index is 1.45. The van der Waals surface area contributed by atoms with Gasteiger partial charge in [0.05, 0.1) is 34.8 Å². The van der Waals surface area contributed by atoms with Crippen LogP contribution in [-0.4, -0.2) is 39.3 Å². The Labute approximate surface area is 238 Å². The van der Waals surface area contributed by atoms with Crippen molar-refractivity contribution < 1.29 is 32.5 Å². The number of methoxy groups -OCH3 is 1. The van der Waals surface area contributed by atoms with Crippen LogP contribution in [-0.2, 0) is 24.3 Å². The Morgan fingerprint density at radius 2 is 1.83 bits per heavy atom. The molecule has 212 valence electrons. The molecule has 1 N–H and O–H groups in total. The van der Waals surface area contributed by atoms with Crippen LogP contribution in [0.25, 0.3) is 22.2 Å². The molecule has 0 unspecified atom stereocenters. The number of benzene rings is 3. The lowest BCUT2D eigenvalue weighted by Crippen LogP contribution is -2.11. The highest BCUT2D eigenvalue weighted by Crippen LogP contribution is 2.33. The molecular weight excluding hydrogens is 549 g/mol. The molecule has 11 heteroatoms. The highest BCUT2D eigenvalue weighted by atomic mass is 19.1. The lowest BCUT2D eigenvalue weighted by atomic mass is 10.0. The Hall–Kier alpha value is -5.21. The first-order chi connectivity index (χ1) is 20.3. The number of carboxylic acid groups (broad SMARTS) is 1. The zero-order chi connectivity index (χ0) is 29.8. The maximum Gasteiger partial charge on any atom is 0.335 e. The predicted molar refractivity (Wildman–Crippen MR) is 146 cm³/mol. The molecule has 0 spiro atoms. The molecule has 2 aromatic heterocycles.